The Labute approximate surface area is 109 Å². The van der Waals surface area contributed by atoms with Crippen molar-refractivity contribution in [2.75, 3.05) is 19.3 Å². The van der Waals surface area contributed by atoms with Crippen LogP contribution in [0.4, 0.5) is 0 Å². The maximum absolute atomic E-state index is 11.7. The number of carbonyl (C=O) groups excluding carboxylic acids is 1. The molecule has 1 fully saturated rings. The van der Waals surface area contributed by atoms with Gasteiger partial charge in [0.1, 0.15) is 0 Å². The minimum absolute atomic E-state index is 0.102. The first kappa shape index (κ1) is 15.4. The Morgan fingerprint density at radius 2 is 1.83 bits per heavy atom. The molecule has 0 aliphatic heterocycles. The van der Waals surface area contributed by atoms with Crippen LogP contribution in [0.1, 0.15) is 38.5 Å². The summed E-state index contributed by atoms with van der Waals surface area (Å²) in [7, 11) is -3.19. The third kappa shape index (κ3) is 6.32. The molecule has 1 saturated carbocycles. The first-order valence-electron chi connectivity index (χ1n) is 6.31. The van der Waals surface area contributed by atoms with Gasteiger partial charge in [0.15, 0.2) is 0 Å². The van der Waals surface area contributed by atoms with Crippen LogP contribution in [-0.4, -0.2) is 39.2 Å². The monoisotopic (exact) mass is 277 g/mol. The third-order valence-corrected chi connectivity index (χ3v) is 3.90. The lowest BCUT2D eigenvalue weighted by atomic mass is 9.80. The van der Waals surface area contributed by atoms with Gasteiger partial charge in [0, 0.05) is 25.0 Å². The quantitative estimate of drug-likeness (QED) is 0.580. The van der Waals surface area contributed by atoms with Crippen LogP contribution in [0, 0.1) is 0 Å². The molecule has 1 rings (SSSR count). The topological polar surface area (TPSA) is 101 Å². The highest BCUT2D eigenvalue weighted by molar-refractivity contribution is 7.88. The van der Waals surface area contributed by atoms with Gasteiger partial charge in [-0.15, -0.1) is 0 Å². The largest absolute Gasteiger partial charge is 0.355 e. The molecule has 1 aliphatic carbocycles. The molecule has 0 saturated heterocycles. The summed E-state index contributed by atoms with van der Waals surface area (Å²) < 4.78 is 23.9. The molecule has 0 radical (unpaired) electrons. The highest BCUT2D eigenvalue weighted by atomic mass is 32.2. The molecule has 0 bridgehead atoms. The van der Waals surface area contributed by atoms with Crippen molar-refractivity contribution in [3.8, 4) is 0 Å². The smallest absolute Gasteiger partial charge is 0.221 e. The Morgan fingerprint density at radius 3 is 2.39 bits per heavy atom. The van der Waals surface area contributed by atoms with Crippen molar-refractivity contribution < 1.29 is 13.2 Å². The van der Waals surface area contributed by atoms with Gasteiger partial charge >= 0.3 is 0 Å². The molecule has 106 valence electrons. The second-order valence-electron chi connectivity index (χ2n) is 5.12. The van der Waals surface area contributed by atoms with E-state index < -0.39 is 10.0 Å². The minimum atomic E-state index is -3.19. The van der Waals surface area contributed by atoms with Crippen LogP contribution >= 0.6 is 0 Å². The van der Waals surface area contributed by atoms with Crippen molar-refractivity contribution in [1.82, 2.24) is 10.0 Å². The van der Waals surface area contributed by atoms with Crippen molar-refractivity contribution in [1.29, 1.82) is 0 Å². The normalized spacial score (nSPS) is 19.4. The van der Waals surface area contributed by atoms with Gasteiger partial charge < -0.3 is 11.1 Å². The number of amides is 1. The molecule has 1 aliphatic rings. The van der Waals surface area contributed by atoms with E-state index in [1.54, 1.807) is 0 Å². The zero-order chi connectivity index (χ0) is 13.6. The average Bonchev–Trinajstić information content (AvgIpc) is 2.23. The molecule has 7 heteroatoms. The highest BCUT2D eigenvalue weighted by Crippen LogP contribution is 2.28. The number of sulfonamides is 1. The van der Waals surface area contributed by atoms with E-state index in [0.29, 0.717) is 13.0 Å². The van der Waals surface area contributed by atoms with Crippen molar-refractivity contribution in [3.05, 3.63) is 0 Å². The van der Waals surface area contributed by atoms with Crippen molar-refractivity contribution in [3.63, 3.8) is 0 Å². The van der Waals surface area contributed by atoms with Crippen molar-refractivity contribution in [2.45, 2.75) is 44.1 Å². The first-order chi connectivity index (χ1) is 8.31. The standard InChI is InChI=1S/C11H23N3O3S/c1-18(16,17)14-8-7-13-10(15)9-11(12)5-3-2-4-6-11/h14H,2-9,12H2,1H3,(H,13,15). The predicted octanol–water partition coefficient (Wildman–Crippen LogP) is -0.296. The van der Waals surface area contributed by atoms with Gasteiger partial charge in [-0.05, 0) is 12.8 Å². The van der Waals surface area contributed by atoms with Crippen LogP contribution in [0.15, 0.2) is 0 Å². The summed E-state index contributed by atoms with van der Waals surface area (Å²) in [5, 5.41) is 2.68. The number of nitrogens with two attached hydrogens (primary N) is 1. The number of hydrogen-bond donors (Lipinski definition) is 3. The van der Waals surface area contributed by atoms with Crippen molar-refractivity contribution >= 4 is 15.9 Å². The summed E-state index contributed by atoms with van der Waals surface area (Å²) in [6.07, 6.45) is 6.55. The molecular weight excluding hydrogens is 254 g/mol. The number of carbonyl (C=O) groups is 1. The molecule has 6 nitrogen and oxygen atoms in total. The Balaban J connectivity index is 2.21. The fraction of sp³-hybridized carbons (Fsp3) is 0.909. The highest BCUT2D eigenvalue weighted by Gasteiger charge is 2.29. The summed E-state index contributed by atoms with van der Waals surface area (Å²) in [5.41, 5.74) is 5.79. The zero-order valence-corrected chi connectivity index (χ0v) is 11.7. The van der Waals surface area contributed by atoms with E-state index in [-0.39, 0.29) is 18.0 Å². The van der Waals surface area contributed by atoms with Crippen LogP contribution in [0.3, 0.4) is 0 Å². The van der Waals surface area contributed by atoms with E-state index in [2.05, 4.69) is 10.0 Å². The predicted molar refractivity (Wildman–Crippen MR) is 70.5 cm³/mol. The SMILES string of the molecule is CS(=O)(=O)NCCNC(=O)CC1(N)CCCCC1. The van der Waals surface area contributed by atoms with E-state index in [1.165, 1.54) is 6.42 Å². The van der Waals surface area contributed by atoms with Gasteiger partial charge in [-0.1, -0.05) is 19.3 Å². The van der Waals surface area contributed by atoms with E-state index >= 15 is 0 Å². The van der Waals surface area contributed by atoms with Crippen LogP contribution in [0.5, 0.6) is 0 Å². The van der Waals surface area contributed by atoms with Crippen molar-refractivity contribution in [2.24, 2.45) is 5.73 Å². The van der Waals surface area contributed by atoms with Gasteiger partial charge in [-0.2, -0.15) is 0 Å². The molecule has 4 N–H and O–H groups in total. The van der Waals surface area contributed by atoms with Crippen LogP contribution in [0.2, 0.25) is 0 Å². The maximum Gasteiger partial charge on any atom is 0.221 e. The molecule has 0 aromatic rings. The number of rotatable bonds is 6. The second-order valence-corrected chi connectivity index (χ2v) is 6.95. The Bertz CT molecular complexity index is 375. The lowest BCUT2D eigenvalue weighted by Gasteiger charge is -2.32. The fourth-order valence-electron chi connectivity index (χ4n) is 2.25. The Kier molecular flexibility index (Phi) is 5.55. The summed E-state index contributed by atoms with van der Waals surface area (Å²) in [5.74, 6) is -0.102. The number of nitrogens with one attached hydrogen (secondary N) is 2. The summed E-state index contributed by atoms with van der Waals surface area (Å²) in [6, 6.07) is 0. The maximum atomic E-state index is 11.7. The summed E-state index contributed by atoms with van der Waals surface area (Å²) in [4.78, 5) is 11.7. The van der Waals surface area contributed by atoms with Gasteiger partial charge in [0.25, 0.3) is 0 Å². The molecule has 0 unspecified atom stereocenters. The van der Waals surface area contributed by atoms with Gasteiger partial charge in [0.2, 0.25) is 15.9 Å². The van der Waals surface area contributed by atoms with E-state index in [9.17, 15) is 13.2 Å². The van der Waals surface area contributed by atoms with Crippen LogP contribution in [0.25, 0.3) is 0 Å². The summed E-state index contributed by atoms with van der Waals surface area (Å²) in [6.45, 7) is 0.504. The van der Waals surface area contributed by atoms with Gasteiger partial charge in [-0.3, -0.25) is 4.79 Å². The zero-order valence-electron chi connectivity index (χ0n) is 10.9. The summed E-state index contributed by atoms with van der Waals surface area (Å²) >= 11 is 0. The molecule has 0 spiro atoms. The van der Waals surface area contributed by atoms with E-state index in [1.807, 2.05) is 0 Å². The minimum Gasteiger partial charge on any atom is -0.355 e. The van der Waals surface area contributed by atoms with E-state index in [0.717, 1.165) is 31.9 Å². The lowest BCUT2D eigenvalue weighted by molar-refractivity contribution is -0.122. The van der Waals surface area contributed by atoms with Crippen LogP contribution in [-0.2, 0) is 14.8 Å². The molecule has 0 aromatic carbocycles. The second kappa shape index (κ2) is 6.49. The molecule has 1 amide bonds. The van der Waals surface area contributed by atoms with Gasteiger partial charge in [-0.25, -0.2) is 13.1 Å². The van der Waals surface area contributed by atoms with Crippen LogP contribution < -0.4 is 15.8 Å². The lowest BCUT2D eigenvalue weighted by Crippen LogP contribution is -2.46. The average molecular weight is 277 g/mol. The third-order valence-electron chi connectivity index (χ3n) is 3.17. The molecule has 0 aromatic heterocycles. The molecule has 0 atom stereocenters. The molecule has 0 heterocycles. The fourth-order valence-corrected chi connectivity index (χ4v) is 2.73. The Morgan fingerprint density at radius 1 is 1.22 bits per heavy atom. The molecule has 18 heavy (non-hydrogen) atoms. The number of hydrogen-bond acceptors (Lipinski definition) is 4. The molecular formula is C11H23N3O3S. The first-order valence-corrected chi connectivity index (χ1v) is 8.20. The van der Waals surface area contributed by atoms with Gasteiger partial charge in [0.05, 0.1) is 6.26 Å². The van der Waals surface area contributed by atoms with E-state index in [4.69, 9.17) is 5.73 Å². The Hall–Kier alpha value is -0.660.